The standard InChI is InChI=1S/C16H22ClN3O.2ClH/c1-16(6-7-18-12-16)15(21)20-10-8-19(9-11-20)14-5-3-2-4-13(14)17;;/h2-5,18H,6-12H2,1H3;2*1H. The molecule has 0 spiro atoms. The van der Waals surface area contributed by atoms with Crippen LogP contribution >= 0.6 is 36.4 Å². The number of rotatable bonds is 2. The third-order valence-electron chi connectivity index (χ3n) is 4.65. The van der Waals surface area contributed by atoms with E-state index in [0.29, 0.717) is 5.91 Å². The molecule has 7 heteroatoms. The van der Waals surface area contributed by atoms with Gasteiger partial charge in [0, 0.05) is 32.7 Å². The minimum absolute atomic E-state index is 0. The fraction of sp³-hybridized carbons (Fsp3) is 0.562. The predicted molar refractivity (Wildman–Crippen MR) is 100 cm³/mol. The molecule has 23 heavy (non-hydrogen) atoms. The monoisotopic (exact) mass is 379 g/mol. The van der Waals surface area contributed by atoms with Gasteiger partial charge in [-0.05, 0) is 32.0 Å². The molecule has 1 unspecified atom stereocenters. The van der Waals surface area contributed by atoms with Gasteiger partial charge < -0.3 is 15.1 Å². The number of anilines is 1. The SMILES string of the molecule is CC1(C(=O)N2CCN(c3ccccc3Cl)CC2)CCNC1.Cl.Cl. The van der Waals surface area contributed by atoms with Gasteiger partial charge in [-0.3, -0.25) is 4.79 Å². The number of piperazine rings is 1. The van der Waals surface area contributed by atoms with E-state index in [-0.39, 0.29) is 30.2 Å². The summed E-state index contributed by atoms with van der Waals surface area (Å²) >= 11 is 6.25. The lowest BCUT2D eigenvalue weighted by molar-refractivity contribution is -0.140. The van der Waals surface area contributed by atoms with Gasteiger partial charge in [-0.1, -0.05) is 23.7 Å². The van der Waals surface area contributed by atoms with E-state index in [4.69, 9.17) is 11.6 Å². The number of benzene rings is 1. The average Bonchev–Trinajstić information content (AvgIpc) is 2.95. The van der Waals surface area contributed by atoms with Crippen molar-refractivity contribution >= 4 is 48.0 Å². The smallest absolute Gasteiger partial charge is 0.229 e. The molecule has 2 fully saturated rings. The number of para-hydroxylation sites is 1. The van der Waals surface area contributed by atoms with Crippen LogP contribution in [0.5, 0.6) is 0 Å². The minimum Gasteiger partial charge on any atom is -0.367 e. The van der Waals surface area contributed by atoms with Gasteiger partial charge >= 0.3 is 0 Å². The van der Waals surface area contributed by atoms with Crippen LogP contribution in [0.4, 0.5) is 5.69 Å². The normalized spacial score (nSPS) is 23.9. The summed E-state index contributed by atoms with van der Waals surface area (Å²) in [7, 11) is 0. The Morgan fingerprint density at radius 1 is 1.17 bits per heavy atom. The van der Waals surface area contributed by atoms with E-state index in [9.17, 15) is 4.79 Å². The molecule has 2 heterocycles. The Balaban J connectivity index is 0.00000132. The van der Waals surface area contributed by atoms with Crippen molar-refractivity contribution in [2.24, 2.45) is 5.41 Å². The van der Waals surface area contributed by atoms with Crippen molar-refractivity contribution < 1.29 is 4.79 Å². The maximum atomic E-state index is 12.7. The molecule has 0 saturated carbocycles. The number of amides is 1. The molecule has 4 nitrogen and oxygen atoms in total. The number of nitrogens with zero attached hydrogens (tertiary/aromatic N) is 2. The molecule has 2 aliphatic heterocycles. The largest absolute Gasteiger partial charge is 0.367 e. The number of hydrogen-bond acceptors (Lipinski definition) is 3. The fourth-order valence-corrected chi connectivity index (χ4v) is 3.50. The van der Waals surface area contributed by atoms with Crippen LogP contribution in [0.15, 0.2) is 24.3 Å². The zero-order valence-electron chi connectivity index (χ0n) is 13.3. The summed E-state index contributed by atoms with van der Waals surface area (Å²) < 4.78 is 0. The molecule has 0 radical (unpaired) electrons. The number of hydrogen-bond donors (Lipinski definition) is 1. The molecule has 0 bridgehead atoms. The lowest BCUT2D eigenvalue weighted by Crippen LogP contribution is -2.53. The van der Waals surface area contributed by atoms with Crippen molar-refractivity contribution in [2.45, 2.75) is 13.3 Å². The quantitative estimate of drug-likeness (QED) is 0.857. The van der Waals surface area contributed by atoms with Crippen LogP contribution in [0, 0.1) is 5.41 Å². The first kappa shape index (κ1) is 20.4. The molecule has 130 valence electrons. The number of carbonyl (C=O) groups is 1. The Hall–Kier alpha value is -0.680. The molecule has 0 aliphatic carbocycles. The molecular weight excluding hydrogens is 357 g/mol. The maximum absolute atomic E-state index is 12.7. The minimum atomic E-state index is -0.216. The van der Waals surface area contributed by atoms with Gasteiger partial charge in [0.15, 0.2) is 0 Å². The molecule has 1 N–H and O–H groups in total. The van der Waals surface area contributed by atoms with E-state index in [1.165, 1.54) is 0 Å². The topological polar surface area (TPSA) is 35.6 Å². The Bertz CT molecular complexity index is 527. The summed E-state index contributed by atoms with van der Waals surface area (Å²) in [5.74, 6) is 0.298. The summed E-state index contributed by atoms with van der Waals surface area (Å²) in [6.45, 7) is 7.07. The van der Waals surface area contributed by atoms with E-state index in [1.54, 1.807) is 0 Å². The van der Waals surface area contributed by atoms with Crippen LogP contribution < -0.4 is 10.2 Å². The molecule has 1 amide bonds. The summed E-state index contributed by atoms with van der Waals surface area (Å²) in [6.07, 6.45) is 0.941. The summed E-state index contributed by atoms with van der Waals surface area (Å²) in [4.78, 5) is 17.0. The molecule has 2 aliphatic rings. The van der Waals surface area contributed by atoms with E-state index >= 15 is 0 Å². The van der Waals surface area contributed by atoms with Crippen molar-refractivity contribution in [3.05, 3.63) is 29.3 Å². The summed E-state index contributed by atoms with van der Waals surface area (Å²) in [5.41, 5.74) is 0.854. The molecule has 2 saturated heterocycles. The first-order chi connectivity index (χ1) is 10.1. The van der Waals surface area contributed by atoms with E-state index in [2.05, 4.69) is 17.1 Å². The first-order valence-electron chi connectivity index (χ1n) is 7.60. The third kappa shape index (κ3) is 4.24. The van der Waals surface area contributed by atoms with E-state index in [1.807, 2.05) is 29.2 Å². The maximum Gasteiger partial charge on any atom is 0.229 e. The summed E-state index contributed by atoms with van der Waals surface area (Å²) in [6, 6.07) is 7.91. The van der Waals surface area contributed by atoms with Crippen molar-refractivity contribution in [1.82, 2.24) is 10.2 Å². The molecule has 0 aromatic heterocycles. The third-order valence-corrected chi connectivity index (χ3v) is 4.96. The average molecular weight is 381 g/mol. The van der Waals surface area contributed by atoms with Gasteiger partial charge in [0.2, 0.25) is 5.91 Å². The summed E-state index contributed by atoms with van der Waals surface area (Å²) in [5, 5.41) is 4.08. The van der Waals surface area contributed by atoms with Crippen molar-refractivity contribution in [3.63, 3.8) is 0 Å². The van der Waals surface area contributed by atoms with Crippen molar-refractivity contribution in [1.29, 1.82) is 0 Å². The van der Waals surface area contributed by atoms with Crippen LogP contribution in [0.25, 0.3) is 0 Å². The second kappa shape index (κ2) is 8.43. The van der Waals surface area contributed by atoms with Crippen LogP contribution in [-0.2, 0) is 4.79 Å². The van der Waals surface area contributed by atoms with Crippen LogP contribution in [0.3, 0.4) is 0 Å². The zero-order valence-corrected chi connectivity index (χ0v) is 15.6. The van der Waals surface area contributed by atoms with Crippen LogP contribution in [0.1, 0.15) is 13.3 Å². The van der Waals surface area contributed by atoms with Crippen molar-refractivity contribution in [2.75, 3.05) is 44.2 Å². The van der Waals surface area contributed by atoms with Gasteiger partial charge in [0.25, 0.3) is 0 Å². The fourth-order valence-electron chi connectivity index (χ4n) is 3.24. The number of nitrogens with one attached hydrogen (secondary N) is 1. The lowest BCUT2D eigenvalue weighted by atomic mass is 9.88. The Labute approximate surface area is 155 Å². The predicted octanol–water partition coefficient (Wildman–Crippen LogP) is 2.83. The molecule has 1 aromatic carbocycles. The first-order valence-corrected chi connectivity index (χ1v) is 7.97. The van der Waals surface area contributed by atoms with Gasteiger partial charge in [-0.15, -0.1) is 24.8 Å². The highest BCUT2D eigenvalue weighted by molar-refractivity contribution is 6.33. The number of carbonyl (C=O) groups excluding carboxylic acids is 1. The Morgan fingerprint density at radius 2 is 1.83 bits per heavy atom. The molecule has 3 rings (SSSR count). The highest BCUT2D eigenvalue weighted by Crippen LogP contribution is 2.29. The zero-order chi connectivity index (χ0) is 14.9. The van der Waals surface area contributed by atoms with E-state index < -0.39 is 0 Å². The molecule has 1 atom stereocenters. The number of halogens is 3. The van der Waals surface area contributed by atoms with Gasteiger partial charge in [-0.2, -0.15) is 0 Å². The molecular formula is C16H24Cl3N3O. The van der Waals surface area contributed by atoms with Crippen LogP contribution in [0.2, 0.25) is 5.02 Å². The highest BCUT2D eigenvalue weighted by atomic mass is 35.5. The van der Waals surface area contributed by atoms with Gasteiger partial charge in [0.05, 0.1) is 16.1 Å². The lowest BCUT2D eigenvalue weighted by Gasteiger charge is -2.39. The second-order valence-electron chi connectivity index (χ2n) is 6.22. The molecule has 1 aromatic rings. The Morgan fingerprint density at radius 3 is 2.39 bits per heavy atom. The van der Waals surface area contributed by atoms with E-state index in [0.717, 1.165) is 56.4 Å². The van der Waals surface area contributed by atoms with Crippen LogP contribution in [-0.4, -0.2) is 50.1 Å². The van der Waals surface area contributed by atoms with Gasteiger partial charge in [0.1, 0.15) is 0 Å². The second-order valence-corrected chi connectivity index (χ2v) is 6.63. The van der Waals surface area contributed by atoms with Gasteiger partial charge in [-0.25, -0.2) is 0 Å². The van der Waals surface area contributed by atoms with Crippen molar-refractivity contribution in [3.8, 4) is 0 Å². The Kier molecular flexibility index (Phi) is 7.46. The highest BCUT2D eigenvalue weighted by Gasteiger charge is 2.39.